The number of fused-ring (bicyclic) bond motifs is 3. The first kappa shape index (κ1) is 11.3. The number of imidazole rings is 2. The minimum absolute atomic E-state index is 0.853. The van der Waals surface area contributed by atoms with Gasteiger partial charge in [0.25, 0.3) is 0 Å². The molecule has 0 radical (unpaired) electrons. The molecular weight excluding hydrogens is 224 g/mol. The highest BCUT2D eigenvalue weighted by Crippen LogP contribution is 2.23. The first-order chi connectivity index (χ1) is 8.63. The molecule has 0 saturated heterocycles. The summed E-state index contributed by atoms with van der Waals surface area (Å²) in [5.41, 5.74) is 6.09. The van der Waals surface area contributed by atoms with E-state index in [1.807, 2.05) is 7.05 Å². The predicted octanol–water partition coefficient (Wildman–Crippen LogP) is 2.16. The molecular formula is C14H18N4. The topological polar surface area (TPSA) is 34.3 Å². The van der Waals surface area contributed by atoms with Crippen LogP contribution in [0.15, 0.2) is 18.3 Å². The standard InChI is InChI=1S/C14H18N4/c1-9-5-6-12-13(10(9)2)16-14-17(4)11(7-15-3)8-18(12)14/h5-6,8,15H,7H2,1-4H3. The van der Waals surface area contributed by atoms with E-state index in [2.05, 4.69) is 53.5 Å². The zero-order chi connectivity index (χ0) is 12.9. The molecule has 3 aromatic rings. The van der Waals surface area contributed by atoms with Crippen molar-refractivity contribution in [1.29, 1.82) is 0 Å². The molecule has 0 bridgehead atoms. The van der Waals surface area contributed by atoms with Gasteiger partial charge >= 0.3 is 0 Å². The molecule has 0 aliphatic rings. The Morgan fingerprint density at radius 3 is 2.78 bits per heavy atom. The lowest BCUT2D eigenvalue weighted by Crippen LogP contribution is -2.08. The molecule has 0 fully saturated rings. The van der Waals surface area contributed by atoms with Crippen LogP contribution in [0.2, 0.25) is 0 Å². The maximum atomic E-state index is 4.78. The van der Waals surface area contributed by atoms with Crippen LogP contribution < -0.4 is 5.32 Å². The number of rotatable bonds is 2. The molecule has 0 aliphatic heterocycles. The van der Waals surface area contributed by atoms with E-state index in [1.165, 1.54) is 22.3 Å². The van der Waals surface area contributed by atoms with Crippen LogP contribution >= 0.6 is 0 Å². The van der Waals surface area contributed by atoms with Gasteiger partial charge in [-0.05, 0) is 38.1 Å². The Balaban J connectivity index is 2.37. The first-order valence-corrected chi connectivity index (χ1v) is 6.20. The van der Waals surface area contributed by atoms with Crippen LogP contribution in [0.25, 0.3) is 16.8 Å². The first-order valence-electron chi connectivity index (χ1n) is 6.20. The van der Waals surface area contributed by atoms with Crippen molar-refractivity contribution in [3.63, 3.8) is 0 Å². The highest BCUT2D eigenvalue weighted by atomic mass is 15.2. The summed E-state index contributed by atoms with van der Waals surface area (Å²) in [6.07, 6.45) is 2.16. The molecule has 0 amide bonds. The molecule has 0 unspecified atom stereocenters. The summed E-state index contributed by atoms with van der Waals surface area (Å²) in [6.45, 7) is 5.12. The van der Waals surface area contributed by atoms with Crippen LogP contribution in [0.4, 0.5) is 0 Å². The van der Waals surface area contributed by atoms with Crippen LogP contribution in [0, 0.1) is 13.8 Å². The number of nitrogens with one attached hydrogen (secondary N) is 1. The second-order valence-electron chi connectivity index (χ2n) is 4.87. The second kappa shape index (κ2) is 3.85. The minimum Gasteiger partial charge on any atom is -0.316 e. The van der Waals surface area contributed by atoms with E-state index in [-0.39, 0.29) is 0 Å². The summed E-state index contributed by atoms with van der Waals surface area (Å²) in [4.78, 5) is 4.78. The van der Waals surface area contributed by atoms with Crippen molar-refractivity contribution < 1.29 is 0 Å². The zero-order valence-electron chi connectivity index (χ0n) is 11.3. The monoisotopic (exact) mass is 242 g/mol. The molecule has 0 atom stereocenters. The van der Waals surface area contributed by atoms with Gasteiger partial charge in [-0.3, -0.25) is 4.40 Å². The van der Waals surface area contributed by atoms with Crippen molar-refractivity contribution in [2.75, 3.05) is 7.05 Å². The van der Waals surface area contributed by atoms with Gasteiger partial charge in [0.1, 0.15) is 0 Å². The molecule has 94 valence electrons. The lowest BCUT2D eigenvalue weighted by atomic mass is 10.1. The van der Waals surface area contributed by atoms with Crippen LogP contribution in [-0.4, -0.2) is 21.0 Å². The van der Waals surface area contributed by atoms with E-state index in [9.17, 15) is 0 Å². The SMILES string of the molecule is CNCc1cn2c3ccc(C)c(C)c3nc2n1C. The highest BCUT2D eigenvalue weighted by molar-refractivity contribution is 5.83. The normalized spacial score (nSPS) is 11.8. The molecule has 0 saturated carbocycles. The van der Waals surface area contributed by atoms with Gasteiger partial charge in [-0.2, -0.15) is 0 Å². The smallest absolute Gasteiger partial charge is 0.214 e. The van der Waals surface area contributed by atoms with Gasteiger partial charge in [0.05, 0.1) is 16.7 Å². The summed E-state index contributed by atoms with van der Waals surface area (Å²) in [5.74, 6) is 1.00. The molecule has 2 aromatic heterocycles. The molecule has 18 heavy (non-hydrogen) atoms. The Morgan fingerprint density at radius 2 is 2.06 bits per heavy atom. The van der Waals surface area contributed by atoms with E-state index in [4.69, 9.17) is 4.98 Å². The van der Waals surface area contributed by atoms with Crippen LogP contribution in [0.5, 0.6) is 0 Å². The third-order valence-corrected chi connectivity index (χ3v) is 3.73. The molecule has 3 rings (SSSR count). The number of aromatic nitrogens is 3. The average Bonchev–Trinajstić information content (AvgIpc) is 2.85. The van der Waals surface area contributed by atoms with Gasteiger partial charge in [0.15, 0.2) is 0 Å². The fourth-order valence-corrected chi connectivity index (χ4v) is 2.46. The Labute approximate surface area is 106 Å². The van der Waals surface area contributed by atoms with Gasteiger partial charge < -0.3 is 9.88 Å². The van der Waals surface area contributed by atoms with E-state index in [0.717, 1.165) is 17.8 Å². The summed E-state index contributed by atoms with van der Waals surface area (Å²) < 4.78 is 4.32. The Hall–Kier alpha value is -1.81. The minimum atomic E-state index is 0.853. The van der Waals surface area contributed by atoms with E-state index in [0.29, 0.717) is 0 Å². The van der Waals surface area contributed by atoms with Crippen molar-refractivity contribution in [3.05, 3.63) is 35.2 Å². The second-order valence-corrected chi connectivity index (χ2v) is 4.87. The van der Waals surface area contributed by atoms with Gasteiger partial charge in [-0.1, -0.05) is 6.07 Å². The van der Waals surface area contributed by atoms with Gasteiger partial charge in [0, 0.05) is 19.8 Å². The lowest BCUT2D eigenvalue weighted by molar-refractivity contribution is 0.742. The van der Waals surface area contributed by atoms with Crippen molar-refractivity contribution >= 4 is 16.8 Å². The third-order valence-electron chi connectivity index (χ3n) is 3.73. The van der Waals surface area contributed by atoms with Gasteiger partial charge in [-0.15, -0.1) is 0 Å². The van der Waals surface area contributed by atoms with Crippen molar-refractivity contribution in [2.24, 2.45) is 7.05 Å². The molecule has 0 spiro atoms. The van der Waals surface area contributed by atoms with Gasteiger partial charge in [-0.25, -0.2) is 4.98 Å². The lowest BCUT2D eigenvalue weighted by Gasteiger charge is -2.01. The fraction of sp³-hybridized carbons (Fsp3) is 0.357. The number of aryl methyl sites for hydroxylation is 3. The highest BCUT2D eigenvalue weighted by Gasteiger charge is 2.13. The maximum absolute atomic E-state index is 4.78. The number of hydrogen-bond acceptors (Lipinski definition) is 2. The number of nitrogens with zero attached hydrogens (tertiary/aromatic N) is 3. The summed E-state index contributed by atoms with van der Waals surface area (Å²) in [5, 5.41) is 3.18. The Morgan fingerprint density at radius 1 is 1.28 bits per heavy atom. The van der Waals surface area contributed by atoms with E-state index >= 15 is 0 Å². The Bertz CT molecular complexity index is 733. The maximum Gasteiger partial charge on any atom is 0.214 e. The Kier molecular flexibility index (Phi) is 2.41. The summed E-state index contributed by atoms with van der Waals surface area (Å²) in [7, 11) is 4.03. The van der Waals surface area contributed by atoms with Crippen molar-refractivity contribution in [2.45, 2.75) is 20.4 Å². The summed E-state index contributed by atoms with van der Waals surface area (Å²) in [6, 6.07) is 4.32. The largest absolute Gasteiger partial charge is 0.316 e. The quantitative estimate of drug-likeness (QED) is 0.747. The molecule has 4 heteroatoms. The van der Waals surface area contributed by atoms with E-state index in [1.54, 1.807) is 0 Å². The molecule has 1 N–H and O–H groups in total. The molecule has 0 aliphatic carbocycles. The fourth-order valence-electron chi connectivity index (χ4n) is 2.46. The number of hydrogen-bond donors (Lipinski definition) is 1. The van der Waals surface area contributed by atoms with Crippen molar-refractivity contribution in [1.82, 2.24) is 19.3 Å². The third kappa shape index (κ3) is 1.39. The van der Waals surface area contributed by atoms with Crippen molar-refractivity contribution in [3.8, 4) is 0 Å². The van der Waals surface area contributed by atoms with Crippen LogP contribution in [-0.2, 0) is 13.6 Å². The molecule has 1 aromatic carbocycles. The van der Waals surface area contributed by atoms with Crippen LogP contribution in [0.1, 0.15) is 16.8 Å². The average molecular weight is 242 g/mol. The molecule has 2 heterocycles. The zero-order valence-corrected chi connectivity index (χ0v) is 11.3. The van der Waals surface area contributed by atoms with E-state index < -0.39 is 0 Å². The summed E-state index contributed by atoms with van der Waals surface area (Å²) >= 11 is 0. The van der Waals surface area contributed by atoms with Gasteiger partial charge in [0.2, 0.25) is 5.78 Å². The predicted molar refractivity (Wildman–Crippen MR) is 73.9 cm³/mol. The van der Waals surface area contributed by atoms with Crippen LogP contribution in [0.3, 0.4) is 0 Å². The molecule has 4 nitrogen and oxygen atoms in total. The number of benzene rings is 1.